The number of rotatable bonds is 7. The highest BCUT2D eigenvalue weighted by Gasteiger charge is 2.30. The fourth-order valence-corrected chi connectivity index (χ4v) is 2.58. The van der Waals surface area contributed by atoms with Crippen LogP contribution < -0.4 is 20.1 Å². The SMILES string of the molecule is CCOC(=O)C1=C(COC(=O)c2ccc(OC)cc2OC)NC(=O)NC1C. The molecule has 2 amide bonds. The molecule has 2 N–H and O–H groups in total. The lowest BCUT2D eigenvalue weighted by Crippen LogP contribution is -2.50. The molecule has 1 aromatic rings. The molecule has 1 aliphatic heterocycles. The van der Waals surface area contributed by atoms with Crippen molar-refractivity contribution in [3.8, 4) is 11.5 Å². The topological polar surface area (TPSA) is 112 Å². The molecule has 1 heterocycles. The standard InChI is InChI=1S/C18H22N2O7/c1-5-26-17(22)15-10(2)19-18(23)20-13(15)9-27-16(21)12-7-6-11(24-3)8-14(12)25-4/h6-8,10H,5,9H2,1-4H3,(H2,19,20,23). The number of carbonyl (C=O) groups is 3. The molecule has 9 nitrogen and oxygen atoms in total. The maximum Gasteiger partial charge on any atom is 0.342 e. The Kier molecular flexibility index (Phi) is 6.64. The van der Waals surface area contributed by atoms with E-state index in [1.165, 1.54) is 20.3 Å². The van der Waals surface area contributed by atoms with E-state index >= 15 is 0 Å². The smallest absolute Gasteiger partial charge is 0.342 e. The molecule has 2 rings (SSSR count). The normalized spacial score (nSPS) is 16.1. The summed E-state index contributed by atoms with van der Waals surface area (Å²) in [4.78, 5) is 36.3. The van der Waals surface area contributed by atoms with E-state index < -0.39 is 24.0 Å². The van der Waals surface area contributed by atoms with Gasteiger partial charge in [-0.3, -0.25) is 0 Å². The minimum atomic E-state index is -0.675. The summed E-state index contributed by atoms with van der Waals surface area (Å²) in [5, 5.41) is 5.06. The number of hydrogen-bond donors (Lipinski definition) is 2. The molecule has 0 spiro atoms. The van der Waals surface area contributed by atoms with Gasteiger partial charge in [0.2, 0.25) is 0 Å². The van der Waals surface area contributed by atoms with Gasteiger partial charge in [0.15, 0.2) is 0 Å². The van der Waals surface area contributed by atoms with E-state index in [0.29, 0.717) is 5.75 Å². The van der Waals surface area contributed by atoms with Gasteiger partial charge in [-0.1, -0.05) is 0 Å². The third-order valence-corrected chi connectivity index (χ3v) is 3.84. The lowest BCUT2D eigenvalue weighted by atomic mass is 10.0. The third-order valence-electron chi connectivity index (χ3n) is 3.84. The van der Waals surface area contributed by atoms with Crippen LogP contribution in [0, 0.1) is 0 Å². The Hall–Kier alpha value is -3.23. The number of methoxy groups -OCH3 is 2. The largest absolute Gasteiger partial charge is 0.497 e. The maximum absolute atomic E-state index is 12.4. The maximum atomic E-state index is 12.4. The van der Waals surface area contributed by atoms with Crippen LogP contribution in [0.5, 0.6) is 11.5 Å². The van der Waals surface area contributed by atoms with Gasteiger partial charge in [0.05, 0.1) is 38.1 Å². The van der Waals surface area contributed by atoms with Crippen LogP contribution in [0.2, 0.25) is 0 Å². The Morgan fingerprint density at radius 1 is 1.11 bits per heavy atom. The van der Waals surface area contributed by atoms with Gasteiger partial charge >= 0.3 is 18.0 Å². The molecule has 1 atom stereocenters. The molecule has 0 bridgehead atoms. The monoisotopic (exact) mass is 378 g/mol. The Bertz CT molecular complexity index is 773. The number of urea groups is 1. The van der Waals surface area contributed by atoms with Crippen molar-refractivity contribution in [1.82, 2.24) is 10.6 Å². The van der Waals surface area contributed by atoms with E-state index in [4.69, 9.17) is 18.9 Å². The van der Waals surface area contributed by atoms with E-state index in [1.54, 1.807) is 26.0 Å². The zero-order valence-electron chi connectivity index (χ0n) is 15.6. The molecule has 0 saturated carbocycles. The number of carbonyl (C=O) groups excluding carboxylic acids is 3. The first-order valence-electron chi connectivity index (χ1n) is 8.28. The number of nitrogens with one attached hydrogen (secondary N) is 2. The van der Waals surface area contributed by atoms with Crippen molar-refractivity contribution in [3.63, 3.8) is 0 Å². The van der Waals surface area contributed by atoms with Gasteiger partial charge in [-0.25, -0.2) is 14.4 Å². The van der Waals surface area contributed by atoms with Crippen molar-refractivity contribution in [2.75, 3.05) is 27.4 Å². The zero-order valence-corrected chi connectivity index (χ0v) is 15.6. The van der Waals surface area contributed by atoms with Crippen LogP contribution in [0.4, 0.5) is 4.79 Å². The first kappa shape index (κ1) is 20.1. The summed E-state index contributed by atoms with van der Waals surface area (Å²) in [6, 6.07) is 3.57. The Balaban J connectivity index is 2.21. The zero-order chi connectivity index (χ0) is 20.0. The van der Waals surface area contributed by atoms with Gasteiger partial charge < -0.3 is 29.6 Å². The van der Waals surface area contributed by atoms with Crippen molar-refractivity contribution in [2.45, 2.75) is 19.9 Å². The van der Waals surface area contributed by atoms with E-state index in [0.717, 1.165) is 0 Å². The highest BCUT2D eigenvalue weighted by molar-refractivity contribution is 5.95. The average Bonchev–Trinajstić information content (AvgIpc) is 2.65. The number of esters is 2. The van der Waals surface area contributed by atoms with Crippen molar-refractivity contribution in [1.29, 1.82) is 0 Å². The summed E-state index contributed by atoms with van der Waals surface area (Å²) in [5.41, 5.74) is 0.557. The van der Waals surface area contributed by atoms with Crippen molar-refractivity contribution in [2.24, 2.45) is 0 Å². The Morgan fingerprint density at radius 2 is 1.85 bits per heavy atom. The van der Waals surface area contributed by atoms with Gasteiger partial charge in [-0.05, 0) is 26.0 Å². The van der Waals surface area contributed by atoms with Crippen LogP contribution in [0.25, 0.3) is 0 Å². The average molecular weight is 378 g/mol. The molecule has 1 aliphatic rings. The lowest BCUT2D eigenvalue weighted by Gasteiger charge is -2.26. The summed E-state index contributed by atoms with van der Waals surface area (Å²) < 4.78 is 20.5. The Labute approximate surface area is 156 Å². The molecule has 146 valence electrons. The minimum absolute atomic E-state index is 0.172. The fraction of sp³-hybridized carbons (Fsp3) is 0.389. The lowest BCUT2D eigenvalue weighted by molar-refractivity contribution is -0.139. The van der Waals surface area contributed by atoms with Crippen LogP contribution in [-0.4, -0.2) is 51.4 Å². The summed E-state index contributed by atoms with van der Waals surface area (Å²) >= 11 is 0. The quantitative estimate of drug-likeness (QED) is 0.689. The molecule has 1 unspecified atom stereocenters. The predicted molar refractivity (Wildman–Crippen MR) is 94.6 cm³/mol. The van der Waals surface area contributed by atoms with Crippen LogP contribution in [0.1, 0.15) is 24.2 Å². The second-order valence-electron chi connectivity index (χ2n) is 5.58. The van der Waals surface area contributed by atoms with Crippen molar-refractivity contribution >= 4 is 18.0 Å². The highest BCUT2D eigenvalue weighted by Crippen LogP contribution is 2.25. The van der Waals surface area contributed by atoms with Gasteiger partial charge in [-0.2, -0.15) is 0 Å². The number of ether oxygens (including phenoxy) is 4. The molecular weight excluding hydrogens is 356 g/mol. The molecule has 27 heavy (non-hydrogen) atoms. The van der Waals surface area contributed by atoms with E-state index in [1.807, 2.05) is 0 Å². The first-order valence-corrected chi connectivity index (χ1v) is 8.28. The third kappa shape index (κ3) is 4.69. The fourth-order valence-electron chi connectivity index (χ4n) is 2.58. The molecule has 0 radical (unpaired) electrons. The number of hydrogen-bond acceptors (Lipinski definition) is 7. The van der Waals surface area contributed by atoms with Crippen molar-refractivity contribution < 1.29 is 33.3 Å². The summed E-state index contributed by atoms with van der Waals surface area (Å²) in [6.45, 7) is 3.19. The van der Waals surface area contributed by atoms with E-state index in [9.17, 15) is 14.4 Å². The van der Waals surface area contributed by atoms with Crippen LogP contribution in [-0.2, 0) is 14.3 Å². The molecule has 1 aromatic carbocycles. The Morgan fingerprint density at radius 3 is 2.48 bits per heavy atom. The van der Waals surface area contributed by atoms with E-state index in [2.05, 4.69) is 10.6 Å². The van der Waals surface area contributed by atoms with Gasteiger partial charge in [0, 0.05) is 6.07 Å². The van der Waals surface area contributed by atoms with Gasteiger partial charge in [0.1, 0.15) is 23.7 Å². The van der Waals surface area contributed by atoms with Gasteiger partial charge in [0.25, 0.3) is 0 Å². The molecule has 0 aromatic heterocycles. The highest BCUT2D eigenvalue weighted by atomic mass is 16.5. The van der Waals surface area contributed by atoms with Crippen LogP contribution in [0.15, 0.2) is 29.5 Å². The summed E-state index contributed by atoms with van der Waals surface area (Å²) in [7, 11) is 2.92. The van der Waals surface area contributed by atoms with Crippen LogP contribution >= 0.6 is 0 Å². The predicted octanol–water partition coefficient (Wildman–Crippen LogP) is 1.38. The number of benzene rings is 1. The second kappa shape index (κ2) is 8.93. The van der Waals surface area contributed by atoms with Gasteiger partial charge in [-0.15, -0.1) is 0 Å². The summed E-state index contributed by atoms with van der Waals surface area (Å²) in [5.74, 6) is -0.465. The summed E-state index contributed by atoms with van der Waals surface area (Å²) in [6.07, 6.45) is 0. The van der Waals surface area contributed by atoms with Crippen molar-refractivity contribution in [3.05, 3.63) is 35.0 Å². The van der Waals surface area contributed by atoms with E-state index in [-0.39, 0.29) is 35.8 Å². The molecule has 0 aliphatic carbocycles. The minimum Gasteiger partial charge on any atom is -0.497 e. The number of amides is 2. The molecular formula is C18H22N2O7. The molecule has 9 heteroatoms. The van der Waals surface area contributed by atoms with Crippen LogP contribution in [0.3, 0.4) is 0 Å². The molecule has 0 saturated heterocycles. The molecule has 0 fully saturated rings. The first-order chi connectivity index (χ1) is 12.9. The second-order valence-corrected chi connectivity index (χ2v) is 5.58.